The number of morpholine rings is 1. The Bertz CT molecular complexity index is 644. The minimum absolute atomic E-state index is 0.0810. The Labute approximate surface area is 135 Å². The maximum absolute atomic E-state index is 12.6. The molecule has 3 N–H and O–H groups in total. The molecule has 0 spiro atoms. The first kappa shape index (κ1) is 17.8. The number of carbonyl (C=O) groups is 1. The van der Waals surface area contributed by atoms with Crippen LogP contribution in [0.1, 0.15) is 0 Å². The fourth-order valence-electron chi connectivity index (χ4n) is 2.16. The quantitative estimate of drug-likeness (QED) is 0.728. The molecule has 1 aliphatic rings. The number of carbonyl (C=O) groups excluding carboxylic acids is 1. The lowest BCUT2D eigenvalue weighted by Gasteiger charge is -2.26. The highest BCUT2D eigenvalue weighted by molar-refractivity contribution is 7.89. The molecule has 23 heavy (non-hydrogen) atoms. The molecular formula is C14H21N3O5S. The molecule has 0 aromatic heterocycles. The second kappa shape index (κ2) is 7.84. The minimum atomic E-state index is -3.60. The Kier molecular flexibility index (Phi) is 6.08. The van der Waals surface area contributed by atoms with Crippen molar-refractivity contribution < 1.29 is 22.7 Å². The number of nitrogens with two attached hydrogens (primary N) is 1. The van der Waals surface area contributed by atoms with E-state index < -0.39 is 22.0 Å². The number of hydrogen-bond donors (Lipinski definition) is 2. The number of ether oxygens (including phenoxy) is 2. The first-order valence-electron chi connectivity index (χ1n) is 7.18. The zero-order valence-electron chi connectivity index (χ0n) is 12.9. The van der Waals surface area contributed by atoms with Crippen LogP contribution in [0.4, 0.5) is 5.69 Å². The summed E-state index contributed by atoms with van der Waals surface area (Å²) in [4.78, 5) is 12.0. The van der Waals surface area contributed by atoms with E-state index in [4.69, 9.17) is 15.2 Å². The van der Waals surface area contributed by atoms with Crippen LogP contribution >= 0.6 is 0 Å². The van der Waals surface area contributed by atoms with E-state index in [1.54, 1.807) is 12.1 Å². The molecule has 0 saturated carbocycles. The molecule has 1 saturated heterocycles. The molecule has 128 valence electrons. The van der Waals surface area contributed by atoms with Crippen LogP contribution in [-0.4, -0.2) is 64.7 Å². The fraction of sp³-hybridized carbons (Fsp3) is 0.500. The van der Waals surface area contributed by atoms with Gasteiger partial charge in [0.15, 0.2) is 0 Å². The minimum Gasteiger partial charge on any atom is -0.383 e. The van der Waals surface area contributed by atoms with Crippen molar-refractivity contribution in [1.82, 2.24) is 4.31 Å². The van der Waals surface area contributed by atoms with Crippen LogP contribution in [0, 0.1) is 0 Å². The summed E-state index contributed by atoms with van der Waals surface area (Å²) in [6.45, 7) is 1.47. The molecule has 9 heteroatoms. The Morgan fingerprint density at radius 3 is 2.78 bits per heavy atom. The molecule has 1 aromatic rings. The topological polar surface area (TPSA) is 111 Å². The number of nitrogens with zero attached hydrogens (tertiary/aromatic N) is 1. The van der Waals surface area contributed by atoms with Crippen LogP contribution in [0.5, 0.6) is 0 Å². The van der Waals surface area contributed by atoms with Crippen molar-refractivity contribution in [2.24, 2.45) is 5.73 Å². The highest BCUT2D eigenvalue weighted by Crippen LogP contribution is 2.20. The average molecular weight is 343 g/mol. The molecule has 0 radical (unpaired) electrons. The molecule has 0 bridgehead atoms. The number of amides is 1. The zero-order valence-corrected chi connectivity index (χ0v) is 13.7. The summed E-state index contributed by atoms with van der Waals surface area (Å²) >= 11 is 0. The Morgan fingerprint density at radius 2 is 2.13 bits per heavy atom. The van der Waals surface area contributed by atoms with Crippen LogP contribution in [0.2, 0.25) is 0 Å². The molecule has 8 nitrogen and oxygen atoms in total. The molecule has 2 rings (SSSR count). The van der Waals surface area contributed by atoms with E-state index in [0.29, 0.717) is 32.0 Å². The van der Waals surface area contributed by atoms with Crippen molar-refractivity contribution in [3.63, 3.8) is 0 Å². The van der Waals surface area contributed by atoms with Crippen molar-refractivity contribution in [2.75, 3.05) is 45.3 Å². The second-order valence-corrected chi connectivity index (χ2v) is 7.03. The summed E-state index contributed by atoms with van der Waals surface area (Å²) in [7, 11) is -2.16. The third-order valence-corrected chi connectivity index (χ3v) is 5.29. The van der Waals surface area contributed by atoms with Gasteiger partial charge in [0.05, 0.1) is 24.7 Å². The van der Waals surface area contributed by atoms with Crippen molar-refractivity contribution in [2.45, 2.75) is 10.9 Å². The predicted molar refractivity (Wildman–Crippen MR) is 84.5 cm³/mol. The molecule has 1 unspecified atom stereocenters. The first-order chi connectivity index (χ1) is 10.9. The zero-order chi connectivity index (χ0) is 16.9. The third kappa shape index (κ3) is 4.49. The molecule has 1 amide bonds. The number of sulfonamides is 1. The van der Waals surface area contributed by atoms with Gasteiger partial charge in [-0.15, -0.1) is 0 Å². The molecule has 1 aromatic carbocycles. The van der Waals surface area contributed by atoms with Crippen LogP contribution in [0.3, 0.4) is 0 Å². The van der Waals surface area contributed by atoms with Gasteiger partial charge < -0.3 is 20.5 Å². The van der Waals surface area contributed by atoms with Crippen LogP contribution < -0.4 is 11.1 Å². The van der Waals surface area contributed by atoms with Gasteiger partial charge in [-0.05, 0) is 18.2 Å². The summed E-state index contributed by atoms with van der Waals surface area (Å²) in [5.41, 5.74) is 6.01. The van der Waals surface area contributed by atoms with E-state index in [0.717, 1.165) is 0 Å². The van der Waals surface area contributed by atoms with Crippen molar-refractivity contribution in [3.8, 4) is 0 Å². The Balaban J connectivity index is 2.14. The van der Waals surface area contributed by atoms with Gasteiger partial charge >= 0.3 is 0 Å². The summed E-state index contributed by atoms with van der Waals surface area (Å²) in [5, 5.41) is 2.59. The van der Waals surface area contributed by atoms with Crippen LogP contribution in [0.15, 0.2) is 29.2 Å². The van der Waals surface area contributed by atoms with Crippen molar-refractivity contribution in [1.29, 1.82) is 0 Å². The second-order valence-electron chi connectivity index (χ2n) is 5.10. The monoisotopic (exact) mass is 343 g/mol. The van der Waals surface area contributed by atoms with E-state index >= 15 is 0 Å². The summed E-state index contributed by atoms with van der Waals surface area (Å²) in [5.74, 6) is -0.437. The van der Waals surface area contributed by atoms with Gasteiger partial charge in [-0.1, -0.05) is 6.07 Å². The van der Waals surface area contributed by atoms with Crippen molar-refractivity contribution >= 4 is 21.6 Å². The third-order valence-electron chi connectivity index (χ3n) is 3.39. The summed E-state index contributed by atoms with van der Waals surface area (Å²) in [6, 6.07) is 5.28. The molecule has 1 heterocycles. The number of anilines is 1. The van der Waals surface area contributed by atoms with E-state index in [1.807, 2.05) is 0 Å². The number of nitrogens with one attached hydrogen (secondary N) is 1. The van der Waals surface area contributed by atoms with Gasteiger partial charge in [-0.3, -0.25) is 4.79 Å². The van der Waals surface area contributed by atoms with Gasteiger partial charge in [0.2, 0.25) is 15.9 Å². The standard InChI is InChI=1S/C14H21N3O5S/c1-21-10-13(15)14(18)16-11-3-2-4-12(9-11)23(19,20)17-5-7-22-8-6-17/h2-4,9,13H,5-8,10,15H2,1H3,(H,16,18). The normalized spacial score (nSPS) is 17.7. The Hall–Kier alpha value is -1.52. The first-order valence-corrected chi connectivity index (χ1v) is 8.62. The van der Waals surface area contributed by atoms with Gasteiger partial charge in [0.25, 0.3) is 0 Å². The lowest BCUT2D eigenvalue weighted by atomic mass is 10.2. The number of benzene rings is 1. The lowest BCUT2D eigenvalue weighted by molar-refractivity contribution is -0.118. The lowest BCUT2D eigenvalue weighted by Crippen LogP contribution is -2.40. The average Bonchev–Trinajstić information content (AvgIpc) is 2.56. The molecule has 0 aliphatic carbocycles. The van der Waals surface area contributed by atoms with Gasteiger partial charge in [0.1, 0.15) is 6.04 Å². The maximum atomic E-state index is 12.6. The van der Waals surface area contributed by atoms with Gasteiger partial charge in [-0.2, -0.15) is 4.31 Å². The molecule has 1 aliphatic heterocycles. The maximum Gasteiger partial charge on any atom is 0.243 e. The predicted octanol–water partition coefficient (Wildman–Crippen LogP) is -0.380. The van der Waals surface area contributed by atoms with Crippen LogP contribution in [0.25, 0.3) is 0 Å². The summed E-state index contributed by atoms with van der Waals surface area (Å²) in [6.07, 6.45) is 0. The molecular weight excluding hydrogens is 322 g/mol. The summed E-state index contributed by atoms with van der Waals surface area (Å²) < 4.78 is 36.5. The highest BCUT2D eigenvalue weighted by Gasteiger charge is 2.26. The number of rotatable bonds is 6. The smallest absolute Gasteiger partial charge is 0.243 e. The SMILES string of the molecule is COCC(N)C(=O)Nc1cccc(S(=O)(=O)N2CCOCC2)c1. The van der Waals surface area contributed by atoms with Gasteiger partial charge in [-0.25, -0.2) is 8.42 Å². The van der Waals surface area contributed by atoms with Crippen molar-refractivity contribution in [3.05, 3.63) is 24.3 Å². The van der Waals surface area contributed by atoms with E-state index in [9.17, 15) is 13.2 Å². The van der Waals surface area contributed by atoms with E-state index in [1.165, 1.54) is 23.5 Å². The largest absolute Gasteiger partial charge is 0.383 e. The highest BCUT2D eigenvalue weighted by atomic mass is 32.2. The number of methoxy groups -OCH3 is 1. The Morgan fingerprint density at radius 1 is 1.43 bits per heavy atom. The molecule has 1 fully saturated rings. The van der Waals surface area contributed by atoms with Crippen LogP contribution in [-0.2, 0) is 24.3 Å². The van der Waals surface area contributed by atoms with E-state index in [-0.39, 0.29) is 11.5 Å². The van der Waals surface area contributed by atoms with Gasteiger partial charge in [0, 0.05) is 25.9 Å². The fourth-order valence-corrected chi connectivity index (χ4v) is 3.61. The molecule has 1 atom stereocenters. The number of hydrogen-bond acceptors (Lipinski definition) is 6. The van der Waals surface area contributed by atoms with E-state index in [2.05, 4.69) is 5.32 Å².